The minimum absolute atomic E-state index is 0.0677. The van der Waals surface area contributed by atoms with Gasteiger partial charge < -0.3 is 10.6 Å². The maximum absolute atomic E-state index is 12.5. The zero-order valence-corrected chi connectivity index (χ0v) is 9.93. The molecule has 2 heterocycles. The molecule has 0 bridgehead atoms. The molecule has 2 aromatic rings. The molecule has 0 amide bonds. The number of nitrogens with zero attached hydrogens (tertiary/aromatic N) is 4. The molecule has 0 aliphatic rings. The predicted octanol–water partition coefficient (Wildman–Crippen LogP) is 1.35. The summed E-state index contributed by atoms with van der Waals surface area (Å²) in [5, 5.41) is 0. The number of alkyl halides is 3. The van der Waals surface area contributed by atoms with Gasteiger partial charge in [0.1, 0.15) is 17.9 Å². The van der Waals surface area contributed by atoms with E-state index in [4.69, 9.17) is 5.73 Å². The summed E-state index contributed by atoms with van der Waals surface area (Å²) in [4.78, 5) is 13.1. The molecule has 0 aliphatic carbocycles. The maximum atomic E-state index is 12.5. The number of halogens is 3. The molecule has 0 fully saturated rings. The molecule has 0 aliphatic heterocycles. The van der Waals surface area contributed by atoms with Crippen molar-refractivity contribution in [1.29, 1.82) is 0 Å². The van der Waals surface area contributed by atoms with E-state index in [0.717, 1.165) is 4.90 Å². The first kappa shape index (κ1) is 13.5. The Bertz CT molecular complexity index is 557. The highest BCUT2D eigenvalue weighted by Crippen LogP contribution is 2.21. The van der Waals surface area contributed by atoms with Crippen LogP contribution < -0.4 is 10.6 Å². The number of aromatic nitrogens is 3. The molecule has 2 aromatic heterocycles. The van der Waals surface area contributed by atoms with Crippen molar-refractivity contribution in [2.45, 2.75) is 6.18 Å². The van der Waals surface area contributed by atoms with Crippen LogP contribution in [0.25, 0.3) is 11.2 Å². The van der Waals surface area contributed by atoms with Crippen molar-refractivity contribution in [3.63, 3.8) is 0 Å². The Hall–Kier alpha value is -1.96. The van der Waals surface area contributed by atoms with Gasteiger partial charge in [0.15, 0.2) is 5.65 Å². The average Bonchev–Trinajstić information content (AvgIpc) is 2.36. The summed E-state index contributed by atoms with van der Waals surface area (Å²) in [6, 6.07) is 3.07. The summed E-state index contributed by atoms with van der Waals surface area (Å²) in [6.07, 6.45) is -1.37. The van der Waals surface area contributed by atoms with E-state index in [1.165, 1.54) is 18.5 Å². The number of fused-ring (bicyclic) bond motifs is 1. The van der Waals surface area contributed by atoms with Crippen LogP contribution in [0.15, 0.2) is 24.5 Å². The minimum atomic E-state index is -4.31. The van der Waals surface area contributed by atoms with Crippen LogP contribution in [-0.4, -0.2) is 40.8 Å². The van der Waals surface area contributed by atoms with Crippen molar-refractivity contribution in [2.75, 3.05) is 24.5 Å². The molecule has 8 heteroatoms. The lowest BCUT2D eigenvalue weighted by molar-refractivity contribution is -0.119. The van der Waals surface area contributed by atoms with Crippen molar-refractivity contribution in [3.05, 3.63) is 24.5 Å². The van der Waals surface area contributed by atoms with Crippen molar-refractivity contribution in [2.24, 2.45) is 5.73 Å². The first-order valence-electron chi connectivity index (χ1n) is 5.59. The summed E-state index contributed by atoms with van der Waals surface area (Å²) >= 11 is 0. The Balaban J connectivity index is 2.33. The molecule has 0 radical (unpaired) electrons. The van der Waals surface area contributed by atoms with E-state index in [0.29, 0.717) is 11.2 Å². The Morgan fingerprint density at radius 2 is 1.89 bits per heavy atom. The van der Waals surface area contributed by atoms with Crippen LogP contribution in [0.5, 0.6) is 0 Å². The minimum Gasteiger partial charge on any atom is -0.346 e. The second-order valence-electron chi connectivity index (χ2n) is 3.89. The van der Waals surface area contributed by atoms with E-state index in [1.807, 2.05) is 0 Å². The van der Waals surface area contributed by atoms with Crippen LogP contribution in [0.2, 0.25) is 0 Å². The molecule has 0 atom stereocenters. The third-order valence-corrected chi connectivity index (χ3v) is 2.41. The summed E-state index contributed by atoms with van der Waals surface area (Å²) in [6.45, 7) is -0.919. The van der Waals surface area contributed by atoms with E-state index in [2.05, 4.69) is 15.0 Å². The Morgan fingerprint density at radius 1 is 1.16 bits per heavy atom. The molecule has 5 nitrogen and oxygen atoms in total. The molecule has 19 heavy (non-hydrogen) atoms. The molecule has 0 unspecified atom stereocenters. The third-order valence-electron chi connectivity index (χ3n) is 2.41. The normalized spacial score (nSPS) is 11.8. The van der Waals surface area contributed by atoms with Crippen molar-refractivity contribution >= 4 is 17.0 Å². The van der Waals surface area contributed by atoms with Crippen LogP contribution in [0, 0.1) is 0 Å². The fourth-order valence-corrected chi connectivity index (χ4v) is 1.67. The van der Waals surface area contributed by atoms with Gasteiger partial charge in [0.2, 0.25) is 0 Å². The highest BCUT2D eigenvalue weighted by molar-refractivity contribution is 5.71. The van der Waals surface area contributed by atoms with Crippen LogP contribution >= 0.6 is 0 Å². The highest BCUT2D eigenvalue weighted by Gasteiger charge is 2.31. The standard InChI is InChI=1S/C11H12F3N5/c12-11(13,14)7-19(6-3-15)9-2-1-8-10(18-9)17-5-4-16-8/h1-2,4-5H,3,6-7,15H2. The first-order chi connectivity index (χ1) is 8.99. The number of anilines is 1. The van der Waals surface area contributed by atoms with E-state index in [9.17, 15) is 13.2 Å². The Labute approximate surface area is 107 Å². The van der Waals surface area contributed by atoms with Crippen molar-refractivity contribution in [1.82, 2.24) is 15.0 Å². The highest BCUT2D eigenvalue weighted by atomic mass is 19.4. The molecule has 102 valence electrons. The van der Waals surface area contributed by atoms with Gasteiger partial charge >= 0.3 is 6.18 Å². The molecule has 0 saturated carbocycles. The number of pyridine rings is 1. The first-order valence-corrected chi connectivity index (χ1v) is 5.59. The lowest BCUT2D eigenvalue weighted by Crippen LogP contribution is -2.38. The molecule has 2 rings (SSSR count). The van der Waals surface area contributed by atoms with Gasteiger partial charge in [0.25, 0.3) is 0 Å². The van der Waals surface area contributed by atoms with Gasteiger partial charge in [-0.3, -0.25) is 4.98 Å². The molecule has 0 saturated heterocycles. The number of hydrogen-bond acceptors (Lipinski definition) is 5. The van der Waals surface area contributed by atoms with E-state index in [1.54, 1.807) is 6.07 Å². The van der Waals surface area contributed by atoms with Gasteiger partial charge in [0, 0.05) is 25.5 Å². The maximum Gasteiger partial charge on any atom is 0.405 e. The molecular formula is C11H12F3N5. The summed E-state index contributed by atoms with van der Waals surface area (Å²) in [7, 11) is 0. The second-order valence-corrected chi connectivity index (χ2v) is 3.89. The van der Waals surface area contributed by atoms with E-state index < -0.39 is 12.7 Å². The summed E-state index contributed by atoms with van der Waals surface area (Å²) < 4.78 is 37.5. The molecule has 2 N–H and O–H groups in total. The van der Waals surface area contributed by atoms with Gasteiger partial charge in [-0.25, -0.2) is 9.97 Å². The zero-order chi connectivity index (χ0) is 13.9. The van der Waals surface area contributed by atoms with Crippen LogP contribution in [0.4, 0.5) is 19.0 Å². The molecular weight excluding hydrogens is 259 g/mol. The van der Waals surface area contributed by atoms with Gasteiger partial charge in [-0.15, -0.1) is 0 Å². The number of rotatable bonds is 4. The molecule has 0 spiro atoms. The van der Waals surface area contributed by atoms with Gasteiger partial charge in [-0.2, -0.15) is 13.2 Å². The smallest absolute Gasteiger partial charge is 0.346 e. The monoisotopic (exact) mass is 271 g/mol. The predicted molar refractivity (Wildman–Crippen MR) is 64.7 cm³/mol. The van der Waals surface area contributed by atoms with Gasteiger partial charge in [0.05, 0.1) is 0 Å². The van der Waals surface area contributed by atoms with Crippen LogP contribution in [0.1, 0.15) is 0 Å². The molecule has 0 aromatic carbocycles. The Morgan fingerprint density at radius 3 is 2.58 bits per heavy atom. The van der Waals surface area contributed by atoms with Crippen molar-refractivity contribution < 1.29 is 13.2 Å². The second kappa shape index (κ2) is 5.35. The lowest BCUT2D eigenvalue weighted by atomic mass is 10.3. The number of nitrogens with two attached hydrogens (primary N) is 1. The Kier molecular flexibility index (Phi) is 3.79. The summed E-state index contributed by atoms with van der Waals surface area (Å²) in [5.74, 6) is 0.191. The summed E-state index contributed by atoms with van der Waals surface area (Å²) in [5.41, 5.74) is 6.18. The van der Waals surface area contributed by atoms with Crippen LogP contribution in [0.3, 0.4) is 0 Å². The van der Waals surface area contributed by atoms with Gasteiger partial charge in [-0.1, -0.05) is 0 Å². The third kappa shape index (κ3) is 3.50. The fraction of sp³-hybridized carbons (Fsp3) is 0.364. The fourth-order valence-electron chi connectivity index (χ4n) is 1.67. The lowest BCUT2D eigenvalue weighted by Gasteiger charge is -2.24. The SMILES string of the molecule is NCCN(CC(F)(F)F)c1ccc2nccnc2n1. The average molecular weight is 271 g/mol. The largest absolute Gasteiger partial charge is 0.405 e. The number of hydrogen-bond donors (Lipinski definition) is 1. The van der Waals surface area contributed by atoms with Gasteiger partial charge in [-0.05, 0) is 12.1 Å². The van der Waals surface area contributed by atoms with Crippen molar-refractivity contribution in [3.8, 4) is 0 Å². The van der Waals surface area contributed by atoms with E-state index in [-0.39, 0.29) is 18.9 Å². The van der Waals surface area contributed by atoms with Crippen LogP contribution in [-0.2, 0) is 0 Å². The quantitative estimate of drug-likeness (QED) is 0.909. The van der Waals surface area contributed by atoms with E-state index >= 15 is 0 Å². The zero-order valence-electron chi connectivity index (χ0n) is 9.93. The topological polar surface area (TPSA) is 67.9 Å².